The van der Waals surface area contributed by atoms with Gasteiger partial charge >= 0.3 is 0 Å². The van der Waals surface area contributed by atoms with Crippen LogP contribution in [0.3, 0.4) is 0 Å². The lowest BCUT2D eigenvalue weighted by Gasteiger charge is -2.25. The van der Waals surface area contributed by atoms with E-state index in [1.54, 1.807) is 0 Å². The van der Waals surface area contributed by atoms with Gasteiger partial charge in [-0.25, -0.2) is 4.98 Å². The summed E-state index contributed by atoms with van der Waals surface area (Å²) >= 11 is 0. The van der Waals surface area contributed by atoms with Crippen molar-refractivity contribution in [3.8, 4) is 0 Å². The molecule has 28 heavy (non-hydrogen) atoms. The van der Waals surface area contributed by atoms with Crippen molar-refractivity contribution < 1.29 is 0 Å². The summed E-state index contributed by atoms with van der Waals surface area (Å²) in [7, 11) is 0. The highest BCUT2D eigenvalue weighted by Gasteiger charge is 2.14. The van der Waals surface area contributed by atoms with E-state index in [1.807, 2.05) is 30.8 Å². The third kappa shape index (κ3) is 2.28. The topological polar surface area (TPSA) is 52.2 Å². The SMILES string of the molecule is C1=C[N-]c2c3c(ccc2=C1)=CC(c1ccc2ccc4cccnc4c2n1)C=N3. The molecule has 0 fully saturated rings. The van der Waals surface area contributed by atoms with Gasteiger partial charge in [-0.2, -0.15) is 6.20 Å². The van der Waals surface area contributed by atoms with Gasteiger partial charge < -0.3 is 5.32 Å². The van der Waals surface area contributed by atoms with E-state index >= 15 is 0 Å². The molecule has 0 saturated heterocycles. The molecule has 1 unspecified atom stereocenters. The van der Waals surface area contributed by atoms with Crippen molar-refractivity contribution in [3.63, 3.8) is 0 Å². The molecule has 4 nitrogen and oxygen atoms in total. The van der Waals surface area contributed by atoms with E-state index in [2.05, 4.69) is 64.9 Å². The highest BCUT2D eigenvalue weighted by Crippen LogP contribution is 2.30. The Balaban J connectivity index is 1.52. The molecule has 4 aromatic rings. The Kier molecular flexibility index (Phi) is 3.20. The first-order valence-electron chi connectivity index (χ1n) is 9.28. The maximum absolute atomic E-state index is 4.96. The number of pyridine rings is 2. The first-order chi connectivity index (χ1) is 13.9. The first-order valence-corrected chi connectivity index (χ1v) is 9.28. The van der Waals surface area contributed by atoms with Crippen LogP contribution in [0.5, 0.6) is 0 Å². The van der Waals surface area contributed by atoms with Crippen molar-refractivity contribution in [2.75, 3.05) is 0 Å². The highest BCUT2D eigenvalue weighted by atomic mass is 14.9. The predicted octanol–water partition coefficient (Wildman–Crippen LogP) is 4.38. The maximum Gasteiger partial charge on any atom is 0.0968 e. The lowest BCUT2D eigenvalue weighted by Crippen LogP contribution is -2.16. The molecule has 2 aliphatic heterocycles. The Hall–Kier alpha value is -3.79. The Labute approximate surface area is 161 Å². The van der Waals surface area contributed by atoms with Crippen molar-refractivity contribution in [1.29, 1.82) is 0 Å². The van der Waals surface area contributed by atoms with Crippen LogP contribution in [0.15, 0.2) is 72.0 Å². The third-order valence-corrected chi connectivity index (χ3v) is 5.30. The number of nitrogens with zero attached hydrogens (tertiary/aromatic N) is 4. The minimum atomic E-state index is 0.0250. The largest absolute Gasteiger partial charge is 0.662 e. The molecule has 4 heteroatoms. The Morgan fingerprint density at radius 3 is 2.68 bits per heavy atom. The van der Waals surface area contributed by atoms with Crippen LogP contribution in [-0.4, -0.2) is 16.2 Å². The van der Waals surface area contributed by atoms with Gasteiger partial charge in [-0.05, 0) is 22.6 Å². The molecule has 2 aromatic heterocycles. The Morgan fingerprint density at radius 2 is 1.71 bits per heavy atom. The second-order valence-electron chi connectivity index (χ2n) is 7.00. The molecule has 1 atom stereocenters. The van der Waals surface area contributed by atoms with E-state index in [1.165, 1.54) is 0 Å². The zero-order valence-corrected chi connectivity index (χ0v) is 14.9. The van der Waals surface area contributed by atoms with Crippen LogP contribution < -0.4 is 10.4 Å². The van der Waals surface area contributed by atoms with Gasteiger partial charge in [0.2, 0.25) is 0 Å². The minimum Gasteiger partial charge on any atom is -0.662 e. The van der Waals surface area contributed by atoms with E-state index in [0.29, 0.717) is 0 Å². The summed E-state index contributed by atoms with van der Waals surface area (Å²) in [5.41, 5.74) is 4.71. The number of benzene rings is 2. The molecule has 0 saturated carbocycles. The van der Waals surface area contributed by atoms with E-state index in [4.69, 9.17) is 9.98 Å². The fourth-order valence-electron chi connectivity index (χ4n) is 3.89. The molecule has 0 aliphatic carbocycles. The minimum absolute atomic E-state index is 0.0250. The smallest absolute Gasteiger partial charge is 0.0968 e. The summed E-state index contributed by atoms with van der Waals surface area (Å²) in [5, 5.41) is 8.90. The fraction of sp³-hybridized carbons (Fsp3) is 0.0417. The van der Waals surface area contributed by atoms with Gasteiger partial charge in [-0.1, -0.05) is 54.6 Å². The first kappa shape index (κ1) is 15.3. The van der Waals surface area contributed by atoms with Crippen molar-refractivity contribution in [2.24, 2.45) is 4.99 Å². The molecule has 6 rings (SSSR count). The lowest BCUT2D eigenvalue weighted by atomic mass is 9.99. The maximum atomic E-state index is 4.96. The van der Waals surface area contributed by atoms with Gasteiger partial charge in [0, 0.05) is 23.2 Å². The van der Waals surface area contributed by atoms with Crippen molar-refractivity contribution in [2.45, 2.75) is 5.92 Å². The van der Waals surface area contributed by atoms with Gasteiger partial charge in [0.05, 0.1) is 28.3 Å². The lowest BCUT2D eigenvalue weighted by molar-refractivity contribution is 1.10. The Morgan fingerprint density at radius 1 is 0.857 bits per heavy atom. The van der Waals surface area contributed by atoms with Crippen LogP contribution in [0.2, 0.25) is 0 Å². The molecule has 4 heterocycles. The van der Waals surface area contributed by atoms with E-state index in [0.717, 1.165) is 49.3 Å². The molecular formula is C24H15N4-. The van der Waals surface area contributed by atoms with E-state index in [9.17, 15) is 0 Å². The highest BCUT2D eigenvalue weighted by molar-refractivity contribution is 6.02. The van der Waals surface area contributed by atoms with E-state index < -0.39 is 0 Å². The molecule has 0 N–H and O–H groups in total. The van der Waals surface area contributed by atoms with Gasteiger partial charge in [-0.15, -0.1) is 5.69 Å². The van der Waals surface area contributed by atoms with Crippen molar-refractivity contribution in [1.82, 2.24) is 9.97 Å². The number of fused-ring (bicyclic) bond motifs is 6. The van der Waals surface area contributed by atoms with Crippen LogP contribution >= 0.6 is 0 Å². The molecular weight excluding hydrogens is 344 g/mol. The van der Waals surface area contributed by atoms with Crippen molar-refractivity contribution >= 4 is 51.5 Å². The van der Waals surface area contributed by atoms with Crippen LogP contribution in [0, 0.1) is 0 Å². The summed E-state index contributed by atoms with van der Waals surface area (Å²) in [5.74, 6) is 0.0250. The van der Waals surface area contributed by atoms with Gasteiger partial charge in [0.25, 0.3) is 0 Å². The summed E-state index contributed by atoms with van der Waals surface area (Å²) < 4.78 is 0. The molecule has 0 bridgehead atoms. The van der Waals surface area contributed by atoms with Crippen molar-refractivity contribution in [3.05, 3.63) is 88.5 Å². The molecule has 2 aromatic carbocycles. The zero-order chi connectivity index (χ0) is 18.5. The zero-order valence-electron chi connectivity index (χ0n) is 14.9. The predicted molar refractivity (Wildman–Crippen MR) is 115 cm³/mol. The van der Waals surface area contributed by atoms with Crippen LogP contribution in [0.25, 0.3) is 39.3 Å². The van der Waals surface area contributed by atoms with Gasteiger partial charge in [0.15, 0.2) is 0 Å². The Bertz CT molecular complexity index is 1450. The van der Waals surface area contributed by atoms with Crippen LogP contribution in [0.4, 0.5) is 11.4 Å². The van der Waals surface area contributed by atoms with Crippen LogP contribution in [-0.2, 0) is 0 Å². The summed E-state index contributed by atoms with van der Waals surface area (Å²) in [4.78, 5) is 14.3. The fourth-order valence-corrected chi connectivity index (χ4v) is 3.89. The standard InChI is InChI=1S/C24H15N4/c1-3-15-7-8-18-13-19(14-27-23(18)21(15)25-11-1)20-10-9-17-6-5-16-4-2-12-26-22(16)24(17)28-20/h1-14,19H/q-1. The molecule has 0 radical (unpaired) electrons. The molecule has 0 spiro atoms. The number of aromatic nitrogens is 2. The molecule has 0 amide bonds. The monoisotopic (exact) mass is 359 g/mol. The van der Waals surface area contributed by atoms with E-state index in [-0.39, 0.29) is 5.92 Å². The molecule has 132 valence electrons. The average molecular weight is 359 g/mol. The second-order valence-corrected chi connectivity index (χ2v) is 7.00. The summed E-state index contributed by atoms with van der Waals surface area (Å²) in [6.45, 7) is 0. The quantitative estimate of drug-likeness (QED) is 0.474. The molecule has 2 aliphatic rings. The third-order valence-electron chi connectivity index (χ3n) is 5.30. The summed E-state index contributed by atoms with van der Waals surface area (Å²) in [6.07, 6.45) is 11.8. The number of hydrogen-bond donors (Lipinski definition) is 0. The second kappa shape index (κ2) is 5.86. The van der Waals surface area contributed by atoms with Gasteiger partial charge in [0.1, 0.15) is 0 Å². The number of rotatable bonds is 1. The average Bonchev–Trinajstić information content (AvgIpc) is 2.78. The number of hydrogen-bond acceptors (Lipinski definition) is 3. The normalized spacial score (nSPS) is 16.8. The number of allylic oxidation sites excluding steroid dienone is 1. The van der Waals surface area contributed by atoms with Crippen LogP contribution in [0.1, 0.15) is 11.6 Å². The number of aliphatic imine (C=N–C) groups is 1. The van der Waals surface area contributed by atoms with Gasteiger partial charge in [-0.3, -0.25) is 9.98 Å². The summed E-state index contributed by atoms with van der Waals surface area (Å²) in [6, 6.07) is 16.6.